The lowest BCUT2D eigenvalue weighted by Crippen LogP contribution is -2.53. The molecule has 2 N–H and O–H groups in total. The van der Waals surface area contributed by atoms with Crippen molar-refractivity contribution in [1.29, 1.82) is 0 Å². The summed E-state index contributed by atoms with van der Waals surface area (Å²) in [6, 6.07) is 13.6. The minimum absolute atomic E-state index is 0.0359. The summed E-state index contributed by atoms with van der Waals surface area (Å²) >= 11 is 7.92. The van der Waals surface area contributed by atoms with Crippen LogP contribution in [-0.4, -0.2) is 69.4 Å². The smallest absolute Gasteiger partial charge is 0.246 e. The zero-order valence-corrected chi connectivity index (χ0v) is 32.7. The van der Waals surface area contributed by atoms with Gasteiger partial charge in [-0.3, -0.25) is 19.2 Å². The quantitative estimate of drug-likeness (QED) is 0.153. The number of hydrogen-bond acceptors (Lipinski definition) is 8. The summed E-state index contributed by atoms with van der Waals surface area (Å²) in [7, 11) is 0. The largest absolute Gasteiger partial charge is 0.387 e. The number of amides is 2. The first-order chi connectivity index (χ1) is 26.1. The number of fused-ring (bicyclic) bond motifs is 1. The van der Waals surface area contributed by atoms with Crippen LogP contribution in [0.4, 0.5) is 0 Å². The van der Waals surface area contributed by atoms with Gasteiger partial charge in [-0.15, -0.1) is 11.3 Å². The van der Waals surface area contributed by atoms with E-state index in [2.05, 4.69) is 10.5 Å². The van der Waals surface area contributed by atoms with Gasteiger partial charge in [-0.2, -0.15) is 0 Å². The lowest BCUT2D eigenvalue weighted by molar-refractivity contribution is -0.142. The first-order valence-electron chi connectivity index (χ1n) is 19.9. The fraction of sp³-hybridized carbons (Fsp3) is 0.558. The van der Waals surface area contributed by atoms with Gasteiger partial charge in [0.15, 0.2) is 17.2 Å². The van der Waals surface area contributed by atoms with Crippen molar-refractivity contribution in [3.05, 3.63) is 70.1 Å². The molecule has 1 spiro atoms. The number of thiophene rings is 1. The molecule has 2 aromatic carbocycles. The highest BCUT2D eigenvalue weighted by Crippen LogP contribution is 2.41. The van der Waals surface area contributed by atoms with Gasteiger partial charge in [0.2, 0.25) is 11.8 Å². The second kappa shape index (κ2) is 17.0. The number of carbonyl (C=O) groups excluding carboxylic acids is 4. The highest BCUT2D eigenvalue weighted by Gasteiger charge is 2.54. The SMILES string of the molecule is CCC[C@@H](CC(=O)[C@@H]1C[C@]2(CC(c3cccc(Cl)c3)=NO2)CN1C(=O)[C@H](Cc1csc2ccccc12)NC(=O)CC1CCCCC1)C(O)C(=O)CC1CC1. The summed E-state index contributed by atoms with van der Waals surface area (Å²) in [4.78, 5) is 64.1. The molecule has 3 fully saturated rings. The van der Waals surface area contributed by atoms with Crippen molar-refractivity contribution >= 4 is 62.1 Å². The number of nitrogens with zero attached hydrogens (tertiary/aromatic N) is 2. The normalized spacial score (nSPS) is 23.2. The molecule has 288 valence electrons. The van der Waals surface area contributed by atoms with Gasteiger partial charge in [0.1, 0.15) is 12.1 Å². The summed E-state index contributed by atoms with van der Waals surface area (Å²) in [5, 5.41) is 22.5. The zero-order valence-electron chi connectivity index (χ0n) is 31.1. The van der Waals surface area contributed by atoms with E-state index in [1.165, 1.54) is 6.42 Å². The molecule has 3 heterocycles. The number of carbonyl (C=O) groups is 4. The topological polar surface area (TPSA) is 125 Å². The molecule has 4 aliphatic rings. The third-order valence-corrected chi connectivity index (χ3v) is 13.2. The summed E-state index contributed by atoms with van der Waals surface area (Å²) < 4.78 is 1.10. The molecule has 2 aliphatic heterocycles. The predicted molar refractivity (Wildman–Crippen MR) is 212 cm³/mol. The van der Waals surface area contributed by atoms with Crippen molar-refractivity contribution in [1.82, 2.24) is 10.2 Å². The van der Waals surface area contributed by atoms with Crippen molar-refractivity contribution in [2.24, 2.45) is 22.9 Å². The molecule has 0 bridgehead atoms. The number of benzene rings is 2. The Labute approximate surface area is 326 Å². The van der Waals surface area contributed by atoms with Crippen LogP contribution in [0.25, 0.3) is 10.1 Å². The standard InChI is InChI=1S/C43H52ClN3O6S/c1-2-9-30(41(51)38(49)18-28-16-17-28)22-37(48)36-24-43(23-35(46-53-43)29-12-8-13-32(44)20-29)26-47(36)42(52)34(45-40(50)19-27-10-4-3-5-11-27)21-31-25-54-39-15-7-6-14-33(31)39/h6-8,12-15,20,25,27-28,30,34,36,41,51H,2-5,9-11,16-19,21-24,26H2,1H3,(H,45,50)/t30-,34-,36-,41?,43+/m0/s1. The molecule has 9 nitrogen and oxygen atoms in total. The molecule has 54 heavy (non-hydrogen) atoms. The van der Waals surface area contributed by atoms with E-state index in [0.717, 1.165) is 59.7 Å². The summed E-state index contributed by atoms with van der Waals surface area (Å²) in [5.41, 5.74) is 1.50. The Balaban J connectivity index is 1.17. The van der Waals surface area contributed by atoms with Gasteiger partial charge in [-0.05, 0) is 84.4 Å². The number of hydrogen-bond donors (Lipinski definition) is 2. The van der Waals surface area contributed by atoms with Crippen LogP contribution in [0.15, 0.2) is 59.1 Å². The van der Waals surface area contributed by atoms with Gasteiger partial charge in [0, 0.05) is 53.8 Å². The first kappa shape index (κ1) is 38.7. The number of likely N-dealkylation sites (tertiary alicyclic amines) is 1. The average molecular weight is 774 g/mol. The van der Waals surface area contributed by atoms with Crippen LogP contribution in [-0.2, 0) is 30.4 Å². The van der Waals surface area contributed by atoms with Crippen molar-refractivity contribution in [2.45, 2.75) is 127 Å². The predicted octanol–water partition coefficient (Wildman–Crippen LogP) is 7.82. The molecule has 1 saturated heterocycles. The summed E-state index contributed by atoms with van der Waals surface area (Å²) in [6.07, 6.45) is 8.93. The molecule has 1 unspecified atom stereocenters. The van der Waals surface area contributed by atoms with E-state index in [4.69, 9.17) is 16.4 Å². The van der Waals surface area contributed by atoms with Crippen LogP contribution in [0.2, 0.25) is 5.02 Å². The maximum absolute atomic E-state index is 15.0. The third kappa shape index (κ3) is 9.09. The second-order valence-corrected chi connectivity index (χ2v) is 17.6. The Hall–Kier alpha value is -3.60. The number of aliphatic hydroxyl groups is 1. The van der Waals surface area contributed by atoms with E-state index in [0.29, 0.717) is 54.7 Å². The lowest BCUT2D eigenvalue weighted by Gasteiger charge is -2.30. The van der Waals surface area contributed by atoms with E-state index in [1.54, 1.807) is 22.3 Å². The molecule has 3 aromatic rings. The van der Waals surface area contributed by atoms with Crippen LogP contribution in [0, 0.1) is 17.8 Å². The Morgan fingerprint density at radius 1 is 1.04 bits per heavy atom. The summed E-state index contributed by atoms with van der Waals surface area (Å²) in [5.74, 6) is -0.846. The van der Waals surface area contributed by atoms with Gasteiger partial charge in [-0.1, -0.05) is 79.7 Å². The first-order valence-corrected chi connectivity index (χ1v) is 21.2. The number of aliphatic hydroxyl groups excluding tert-OH is 1. The fourth-order valence-corrected chi connectivity index (χ4v) is 10.0. The highest BCUT2D eigenvalue weighted by molar-refractivity contribution is 7.17. The lowest BCUT2D eigenvalue weighted by atomic mass is 9.85. The minimum Gasteiger partial charge on any atom is -0.387 e. The van der Waals surface area contributed by atoms with Crippen LogP contribution in [0.3, 0.4) is 0 Å². The Morgan fingerprint density at radius 3 is 2.57 bits per heavy atom. The van der Waals surface area contributed by atoms with Crippen LogP contribution >= 0.6 is 22.9 Å². The van der Waals surface area contributed by atoms with Crippen LogP contribution in [0.1, 0.15) is 108 Å². The van der Waals surface area contributed by atoms with Gasteiger partial charge < -0.3 is 20.2 Å². The molecule has 2 amide bonds. The number of halogens is 1. The number of ketones is 2. The maximum atomic E-state index is 15.0. The van der Waals surface area contributed by atoms with Gasteiger partial charge in [-0.25, -0.2) is 0 Å². The Kier molecular flexibility index (Phi) is 12.2. The van der Waals surface area contributed by atoms with Crippen LogP contribution < -0.4 is 5.32 Å². The van der Waals surface area contributed by atoms with E-state index >= 15 is 4.79 Å². The number of Topliss-reactive ketones (excluding diaryl/α,β-unsaturated/α-hetero) is 2. The zero-order chi connectivity index (χ0) is 37.8. The van der Waals surface area contributed by atoms with Crippen molar-refractivity contribution < 1.29 is 29.1 Å². The van der Waals surface area contributed by atoms with E-state index in [-0.39, 0.29) is 49.2 Å². The van der Waals surface area contributed by atoms with E-state index in [9.17, 15) is 19.5 Å². The van der Waals surface area contributed by atoms with Crippen molar-refractivity contribution in [3.8, 4) is 0 Å². The highest BCUT2D eigenvalue weighted by atomic mass is 35.5. The van der Waals surface area contributed by atoms with Gasteiger partial charge in [0.25, 0.3) is 0 Å². The van der Waals surface area contributed by atoms with Crippen molar-refractivity contribution in [2.75, 3.05) is 6.54 Å². The molecule has 11 heteroatoms. The molecule has 2 aliphatic carbocycles. The van der Waals surface area contributed by atoms with Gasteiger partial charge in [0.05, 0.1) is 18.3 Å². The minimum atomic E-state index is -1.23. The summed E-state index contributed by atoms with van der Waals surface area (Å²) in [6.45, 7) is 2.09. The molecule has 1 aromatic heterocycles. The monoisotopic (exact) mass is 773 g/mol. The number of oxime groups is 1. The molecule has 5 atom stereocenters. The number of rotatable bonds is 16. The Morgan fingerprint density at radius 2 is 1.81 bits per heavy atom. The Bertz CT molecular complexity index is 1880. The van der Waals surface area contributed by atoms with Crippen molar-refractivity contribution in [3.63, 3.8) is 0 Å². The molecule has 0 radical (unpaired) electrons. The average Bonchev–Trinajstić information content (AvgIpc) is 3.56. The van der Waals surface area contributed by atoms with Gasteiger partial charge >= 0.3 is 0 Å². The molecule has 2 saturated carbocycles. The number of nitrogens with one attached hydrogen (secondary N) is 1. The van der Waals surface area contributed by atoms with E-state index < -0.39 is 29.7 Å². The fourth-order valence-electron chi connectivity index (χ4n) is 8.85. The molecule has 7 rings (SSSR count). The molecular formula is C43H52ClN3O6S. The third-order valence-electron chi connectivity index (χ3n) is 12.0. The second-order valence-electron chi connectivity index (χ2n) is 16.3. The molecular weight excluding hydrogens is 722 g/mol. The van der Waals surface area contributed by atoms with E-state index in [1.807, 2.05) is 54.8 Å². The van der Waals surface area contributed by atoms with Crippen LogP contribution in [0.5, 0.6) is 0 Å². The maximum Gasteiger partial charge on any atom is 0.246 e.